The van der Waals surface area contributed by atoms with Crippen LogP contribution in [0.25, 0.3) is 0 Å². The third-order valence-corrected chi connectivity index (χ3v) is 3.04. The van der Waals surface area contributed by atoms with Gasteiger partial charge >= 0.3 is 6.09 Å². The molecule has 0 radical (unpaired) electrons. The van der Waals surface area contributed by atoms with E-state index in [1.807, 2.05) is 0 Å². The van der Waals surface area contributed by atoms with Crippen LogP contribution in [0.5, 0.6) is 0 Å². The van der Waals surface area contributed by atoms with Crippen LogP contribution in [0, 0.1) is 11.3 Å². The van der Waals surface area contributed by atoms with Crippen LogP contribution < -0.4 is 5.32 Å². The quantitative estimate of drug-likeness (QED) is 0.793. The lowest BCUT2D eigenvalue weighted by atomic mass is 9.89. The number of carbonyl (C=O) groups excluding carboxylic acids is 1. The summed E-state index contributed by atoms with van der Waals surface area (Å²) in [5, 5.41) is 11.9. The largest absolute Gasteiger partial charge is 0.471 e. The molecule has 1 aliphatic carbocycles. The number of amides is 1. The van der Waals surface area contributed by atoms with Crippen LogP contribution in [0.15, 0.2) is 16.6 Å². The van der Waals surface area contributed by atoms with E-state index in [1.54, 1.807) is 33.8 Å². The molecule has 0 spiro atoms. The van der Waals surface area contributed by atoms with E-state index in [-0.39, 0.29) is 18.2 Å². The van der Waals surface area contributed by atoms with Crippen molar-refractivity contribution in [2.45, 2.75) is 57.9 Å². The monoisotopic (exact) mass is 277 g/mol. The molecule has 1 amide bonds. The van der Waals surface area contributed by atoms with Gasteiger partial charge in [0.2, 0.25) is 0 Å². The van der Waals surface area contributed by atoms with Crippen molar-refractivity contribution in [2.75, 3.05) is 0 Å². The molecule has 6 heteroatoms. The maximum atomic E-state index is 11.9. The Hall–Kier alpha value is -2.03. The topological polar surface area (TPSA) is 83.7 Å². The van der Waals surface area contributed by atoms with Gasteiger partial charge in [0.1, 0.15) is 17.7 Å². The Morgan fingerprint density at radius 2 is 2.30 bits per heavy atom. The highest BCUT2D eigenvalue weighted by molar-refractivity contribution is 5.76. The Balaban J connectivity index is 2.09. The predicted molar refractivity (Wildman–Crippen MR) is 73.2 cm³/mol. The second-order valence-electron chi connectivity index (χ2n) is 5.98. The summed E-state index contributed by atoms with van der Waals surface area (Å²) in [7, 11) is 0. The fourth-order valence-electron chi connectivity index (χ4n) is 2.33. The summed E-state index contributed by atoms with van der Waals surface area (Å²) in [6, 6.07) is 1.64. The molecule has 0 fully saturated rings. The molecule has 3 atom stereocenters. The van der Waals surface area contributed by atoms with Crippen molar-refractivity contribution in [3.05, 3.63) is 11.6 Å². The van der Waals surface area contributed by atoms with Gasteiger partial charge in [-0.25, -0.2) is 9.79 Å². The lowest BCUT2D eigenvalue weighted by Crippen LogP contribution is -2.49. The fraction of sp³-hybridized carbons (Fsp3) is 0.643. The van der Waals surface area contributed by atoms with Crippen LogP contribution >= 0.6 is 0 Å². The summed E-state index contributed by atoms with van der Waals surface area (Å²) in [5.74, 6) is 0.575. The lowest BCUT2D eigenvalue weighted by molar-refractivity contribution is 0.0485. The molecule has 1 N–H and O–H groups in total. The molecule has 2 rings (SSSR count). The van der Waals surface area contributed by atoms with E-state index in [0.29, 0.717) is 17.9 Å². The molecule has 0 aromatic carbocycles. The third kappa shape index (κ3) is 3.29. The highest BCUT2D eigenvalue weighted by Gasteiger charge is 2.40. The summed E-state index contributed by atoms with van der Waals surface area (Å²) in [4.78, 5) is 16.2. The molecule has 0 saturated carbocycles. The second kappa shape index (κ2) is 5.16. The molecule has 1 aliphatic heterocycles. The number of aliphatic imine (C=N–C) groups is 1. The molecule has 2 aliphatic rings. The molecule has 1 heterocycles. The SMILES string of the molecule is CC1=N[C@@H]2[C@@H](NC(=O)OC(C)(C)C)CC(C#N)=C[C@@H]2O1. The first-order valence-electron chi connectivity index (χ1n) is 6.60. The molecule has 0 aromatic rings. The van der Waals surface area contributed by atoms with Gasteiger partial charge in [0.15, 0.2) is 5.90 Å². The van der Waals surface area contributed by atoms with Crippen LogP contribution in [-0.4, -0.2) is 35.8 Å². The number of hydrogen-bond donors (Lipinski definition) is 1. The zero-order valence-electron chi connectivity index (χ0n) is 12.1. The maximum absolute atomic E-state index is 11.9. The number of fused-ring (bicyclic) bond motifs is 1. The Labute approximate surface area is 118 Å². The molecular formula is C14H19N3O3. The Bertz CT molecular complexity index is 511. The molecular weight excluding hydrogens is 258 g/mol. The number of alkyl carbamates (subject to hydrolysis) is 1. The van der Waals surface area contributed by atoms with Gasteiger partial charge in [-0.3, -0.25) is 0 Å². The molecule has 20 heavy (non-hydrogen) atoms. The number of ether oxygens (including phenoxy) is 2. The van der Waals surface area contributed by atoms with Crippen LogP contribution in [0.4, 0.5) is 4.79 Å². The van der Waals surface area contributed by atoms with Gasteiger partial charge in [-0.05, 0) is 26.8 Å². The Kier molecular flexibility index (Phi) is 3.71. The van der Waals surface area contributed by atoms with Gasteiger partial charge in [-0.15, -0.1) is 0 Å². The minimum Gasteiger partial charge on any atom is -0.471 e. The Morgan fingerprint density at radius 3 is 2.90 bits per heavy atom. The van der Waals surface area contributed by atoms with E-state index in [2.05, 4.69) is 16.4 Å². The first kappa shape index (κ1) is 14.4. The van der Waals surface area contributed by atoms with Crippen molar-refractivity contribution in [3.63, 3.8) is 0 Å². The lowest BCUT2D eigenvalue weighted by Gasteiger charge is -2.30. The van der Waals surface area contributed by atoms with Crippen LogP contribution in [0.1, 0.15) is 34.1 Å². The predicted octanol–water partition coefficient (Wildman–Crippen LogP) is 1.92. The van der Waals surface area contributed by atoms with Crippen molar-refractivity contribution in [1.82, 2.24) is 5.32 Å². The van der Waals surface area contributed by atoms with Crippen molar-refractivity contribution in [2.24, 2.45) is 4.99 Å². The number of rotatable bonds is 1. The van der Waals surface area contributed by atoms with Gasteiger partial charge in [0, 0.05) is 18.9 Å². The number of carbonyl (C=O) groups is 1. The zero-order valence-corrected chi connectivity index (χ0v) is 12.1. The van der Waals surface area contributed by atoms with E-state index in [1.165, 1.54) is 0 Å². The standard InChI is InChI=1S/C14H19N3O3/c1-8-16-12-10(17-13(18)20-14(2,3)4)5-9(7-15)6-11(12)19-8/h6,10-12H,5H2,1-4H3,(H,17,18)/t10-,11-,12+/m0/s1. The van der Waals surface area contributed by atoms with E-state index < -0.39 is 11.7 Å². The highest BCUT2D eigenvalue weighted by Crippen LogP contribution is 2.28. The summed E-state index contributed by atoms with van der Waals surface area (Å²) in [5.41, 5.74) is 0.0365. The average Bonchev–Trinajstić information content (AvgIpc) is 2.66. The first-order chi connectivity index (χ1) is 9.28. The van der Waals surface area contributed by atoms with E-state index >= 15 is 0 Å². The molecule has 108 valence electrons. The third-order valence-electron chi connectivity index (χ3n) is 3.04. The zero-order chi connectivity index (χ0) is 14.9. The maximum Gasteiger partial charge on any atom is 0.407 e. The first-order valence-corrected chi connectivity index (χ1v) is 6.60. The number of hydrogen-bond acceptors (Lipinski definition) is 5. The second-order valence-corrected chi connectivity index (χ2v) is 5.98. The summed E-state index contributed by atoms with van der Waals surface area (Å²) >= 11 is 0. The molecule has 0 aromatic heterocycles. The normalized spacial score (nSPS) is 28.4. The van der Waals surface area contributed by atoms with Crippen LogP contribution in [0.3, 0.4) is 0 Å². The summed E-state index contributed by atoms with van der Waals surface area (Å²) in [6.45, 7) is 7.18. The average molecular weight is 277 g/mol. The molecule has 6 nitrogen and oxygen atoms in total. The minimum absolute atomic E-state index is 0.195. The van der Waals surface area contributed by atoms with Crippen molar-refractivity contribution >= 4 is 12.0 Å². The van der Waals surface area contributed by atoms with Crippen LogP contribution in [0.2, 0.25) is 0 Å². The van der Waals surface area contributed by atoms with Gasteiger partial charge in [0.25, 0.3) is 0 Å². The van der Waals surface area contributed by atoms with Gasteiger partial charge < -0.3 is 14.8 Å². The van der Waals surface area contributed by atoms with Gasteiger partial charge in [-0.2, -0.15) is 5.26 Å². The van der Waals surface area contributed by atoms with Gasteiger partial charge in [0.05, 0.1) is 12.1 Å². The minimum atomic E-state index is -0.558. The summed E-state index contributed by atoms with van der Waals surface area (Å²) < 4.78 is 10.8. The number of nitriles is 1. The number of nitrogens with zero attached hydrogens (tertiary/aromatic N) is 2. The van der Waals surface area contributed by atoms with E-state index in [0.717, 1.165) is 0 Å². The highest BCUT2D eigenvalue weighted by atomic mass is 16.6. The van der Waals surface area contributed by atoms with Crippen molar-refractivity contribution < 1.29 is 14.3 Å². The molecule has 0 bridgehead atoms. The van der Waals surface area contributed by atoms with Crippen LogP contribution in [-0.2, 0) is 9.47 Å². The van der Waals surface area contributed by atoms with E-state index in [4.69, 9.17) is 14.7 Å². The number of nitrogens with one attached hydrogen (secondary N) is 1. The van der Waals surface area contributed by atoms with Gasteiger partial charge in [-0.1, -0.05) is 0 Å². The summed E-state index contributed by atoms with van der Waals surface area (Å²) in [6.07, 6.45) is 1.44. The molecule has 0 unspecified atom stereocenters. The van der Waals surface area contributed by atoms with Crippen molar-refractivity contribution in [3.8, 4) is 6.07 Å². The molecule has 0 saturated heterocycles. The smallest absolute Gasteiger partial charge is 0.407 e. The van der Waals surface area contributed by atoms with E-state index in [9.17, 15) is 4.79 Å². The van der Waals surface area contributed by atoms with Crippen molar-refractivity contribution in [1.29, 1.82) is 5.26 Å². The Morgan fingerprint density at radius 1 is 1.60 bits per heavy atom. The fourth-order valence-corrected chi connectivity index (χ4v) is 2.33.